The molecule has 4 heteroatoms. The smallest absolute Gasteiger partial charge is 0.323 e. The Bertz CT molecular complexity index is 191. The van der Waals surface area contributed by atoms with E-state index < -0.39 is 0 Å². The van der Waals surface area contributed by atoms with Gasteiger partial charge in [0.1, 0.15) is 12.6 Å². The van der Waals surface area contributed by atoms with Crippen LogP contribution in [0.3, 0.4) is 0 Å². The number of carbonyl (C=O) groups excluding carboxylic acids is 1. The first-order valence-electron chi connectivity index (χ1n) is 6.32. The fourth-order valence-corrected chi connectivity index (χ4v) is 1.70. The minimum absolute atomic E-state index is 0.0932. The quantitative estimate of drug-likeness (QED) is 0.531. The highest BCUT2D eigenvalue weighted by Crippen LogP contribution is 2.08. The molecule has 0 spiro atoms. The van der Waals surface area contributed by atoms with Gasteiger partial charge < -0.3 is 14.8 Å². The van der Waals surface area contributed by atoms with Crippen LogP contribution in [0.15, 0.2) is 0 Å². The number of esters is 1. The minimum atomic E-state index is -0.126. The van der Waals surface area contributed by atoms with Gasteiger partial charge in [-0.2, -0.15) is 0 Å². The van der Waals surface area contributed by atoms with Gasteiger partial charge in [-0.3, -0.25) is 4.79 Å². The van der Waals surface area contributed by atoms with E-state index in [4.69, 9.17) is 9.47 Å². The molecule has 1 aliphatic heterocycles. The molecule has 1 fully saturated rings. The van der Waals surface area contributed by atoms with Gasteiger partial charge in [0.25, 0.3) is 0 Å². The van der Waals surface area contributed by atoms with Crippen molar-refractivity contribution in [3.05, 3.63) is 0 Å². The average molecular weight is 229 g/mol. The van der Waals surface area contributed by atoms with Crippen LogP contribution in [0.4, 0.5) is 0 Å². The van der Waals surface area contributed by atoms with E-state index in [9.17, 15) is 4.79 Å². The van der Waals surface area contributed by atoms with Crippen LogP contribution in [-0.2, 0) is 14.3 Å². The van der Waals surface area contributed by atoms with Crippen molar-refractivity contribution in [1.29, 1.82) is 0 Å². The molecule has 0 saturated carbocycles. The molecule has 1 rings (SSSR count). The van der Waals surface area contributed by atoms with Crippen LogP contribution in [0.5, 0.6) is 0 Å². The lowest BCUT2D eigenvalue weighted by Crippen LogP contribution is -2.41. The monoisotopic (exact) mass is 229 g/mol. The van der Waals surface area contributed by atoms with Gasteiger partial charge in [0.15, 0.2) is 0 Å². The standard InChI is InChI=1S/C12H23NO3/c1-2-3-8-15-9-10-16-12(14)11-6-4-5-7-13-11/h11,13H,2-10H2,1H3/t11-/m0/s1. The van der Waals surface area contributed by atoms with Gasteiger partial charge in [0.2, 0.25) is 0 Å². The van der Waals surface area contributed by atoms with Crippen molar-refractivity contribution < 1.29 is 14.3 Å². The molecule has 1 saturated heterocycles. The Labute approximate surface area is 97.7 Å². The largest absolute Gasteiger partial charge is 0.462 e. The highest BCUT2D eigenvalue weighted by atomic mass is 16.6. The summed E-state index contributed by atoms with van der Waals surface area (Å²) in [5.74, 6) is -0.126. The van der Waals surface area contributed by atoms with Crippen LogP contribution in [0.2, 0.25) is 0 Å². The molecule has 0 aromatic rings. The highest BCUT2D eigenvalue weighted by molar-refractivity contribution is 5.75. The number of unbranched alkanes of at least 4 members (excludes halogenated alkanes) is 1. The zero-order valence-corrected chi connectivity index (χ0v) is 10.2. The van der Waals surface area contributed by atoms with E-state index in [1.165, 1.54) is 0 Å². The molecule has 4 nitrogen and oxygen atoms in total. The normalized spacial score (nSPS) is 20.7. The zero-order chi connectivity index (χ0) is 11.6. The Morgan fingerprint density at radius 3 is 2.88 bits per heavy atom. The molecule has 0 aromatic heterocycles. The van der Waals surface area contributed by atoms with E-state index >= 15 is 0 Å². The van der Waals surface area contributed by atoms with Crippen molar-refractivity contribution in [3.8, 4) is 0 Å². The molecular formula is C12H23NO3. The predicted octanol–water partition coefficient (Wildman–Crippen LogP) is 1.49. The molecule has 1 N–H and O–H groups in total. The van der Waals surface area contributed by atoms with Crippen molar-refractivity contribution in [1.82, 2.24) is 5.32 Å². The van der Waals surface area contributed by atoms with Crippen molar-refractivity contribution in [2.45, 2.75) is 45.1 Å². The average Bonchev–Trinajstić information content (AvgIpc) is 2.34. The number of hydrogen-bond acceptors (Lipinski definition) is 4. The molecule has 94 valence electrons. The Balaban J connectivity index is 1.97. The molecule has 0 bridgehead atoms. The topological polar surface area (TPSA) is 47.6 Å². The van der Waals surface area contributed by atoms with Gasteiger partial charge in [-0.15, -0.1) is 0 Å². The SMILES string of the molecule is CCCCOCCOC(=O)[C@@H]1CCCCN1. The van der Waals surface area contributed by atoms with Crippen molar-refractivity contribution in [2.24, 2.45) is 0 Å². The third-order valence-corrected chi connectivity index (χ3v) is 2.71. The van der Waals surface area contributed by atoms with Crippen LogP contribution in [0.25, 0.3) is 0 Å². The fourth-order valence-electron chi connectivity index (χ4n) is 1.70. The van der Waals surface area contributed by atoms with E-state index in [0.29, 0.717) is 13.2 Å². The first-order valence-corrected chi connectivity index (χ1v) is 6.32. The maximum absolute atomic E-state index is 11.5. The fraction of sp³-hybridized carbons (Fsp3) is 0.917. The predicted molar refractivity (Wildman–Crippen MR) is 62.3 cm³/mol. The second kappa shape index (κ2) is 8.53. The van der Waals surface area contributed by atoms with Crippen molar-refractivity contribution >= 4 is 5.97 Å². The Morgan fingerprint density at radius 1 is 1.31 bits per heavy atom. The Hall–Kier alpha value is -0.610. The first-order chi connectivity index (χ1) is 7.84. The van der Waals surface area contributed by atoms with Gasteiger partial charge in [0.05, 0.1) is 6.61 Å². The Kier molecular flexibility index (Phi) is 7.17. The second-order valence-corrected chi connectivity index (χ2v) is 4.14. The summed E-state index contributed by atoms with van der Waals surface area (Å²) in [5.41, 5.74) is 0. The summed E-state index contributed by atoms with van der Waals surface area (Å²) in [6, 6.07) is -0.0932. The number of piperidine rings is 1. The van der Waals surface area contributed by atoms with Crippen molar-refractivity contribution in [3.63, 3.8) is 0 Å². The summed E-state index contributed by atoms with van der Waals surface area (Å²) >= 11 is 0. The van der Waals surface area contributed by atoms with E-state index in [-0.39, 0.29) is 12.0 Å². The molecule has 0 radical (unpaired) electrons. The minimum Gasteiger partial charge on any atom is -0.462 e. The number of rotatable bonds is 7. The van der Waals surface area contributed by atoms with Gasteiger partial charge in [-0.05, 0) is 25.8 Å². The number of carbonyl (C=O) groups is 1. The lowest BCUT2D eigenvalue weighted by molar-refractivity contribution is -0.148. The molecule has 1 heterocycles. The van der Waals surface area contributed by atoms with Crippen LogP contribution in [0.1, 0.15) is 39.0 Å². The van der Waals surface area contributed by atoms with Gasteiger partial charge >= 0.3 is 5.97 Å². The molecular weight excluding hydrogens is 206 g/mol. The van der Waals surface area contributed by atoms with Gasteiger partial charge in [-0.1, -0.05) is 19.8 Å². The van der Waals surface area contributed by atoms with E-state index in [2.05, 4.69) is 12.2 Å². The van der Waals surface area contributed by atoms with Gasteiger partial charge in [-0.25, -0.2) is 0 Å². The van der Waals surface area contributed by atoms with E-state index in [1.54, 1.807) is 0 Å². The first kappa shape index (κ1) is 13.5. The summed E-state index contributed by atoms with van der Waals surface area (Å²) < 4.78 is 10.4. The van der Waals surface area contributed by atoms with Crippen LogP contribution in [-0.4, -0.2) is 38.4 Å². The van der Waals surface area contributed by atoms with Crippen LogP contribution >= 0.6 is 0 Å². The van der Waals surface area contributed by atoms with Crippen LogP contribution < -0.4 is 5.32 Å². The number of nitrogens with one attached hydrogen (secondary N) is 1. The lowest BCUT2D eigenvalue weighted by Gasteiger charge is -2.21. The van der Waals surface area contributed by atoms with E-state index in [0.717, 1.165) is 45.3 Å². The summed E-state index contributed by atoms with van der Waals surface area (Å²) in [6.45, 7) is 4.69. The third-order valence-electron chi connectivity index (χ3n) is 2.71. The van der Waals surface area contributed by atoms with Crippen molar-refractivity contribution in [2.75, 3.05) is 26.4 Å². The summed E-state index contributed by atoms with van der Waals surface area (Å²) in [6.07, 6.45) is 5.36. The molecule has 0 unspecified atom stereocenters. The van der Waals surface area contributed by atoms with E-state index in [1.807, 2.05) is 0 Å². The molecule has 0 aromatic carbocycles. The molecule has 16 heavy (non-hydrogen) atoms. The molecule has 0 aliphatic carbocycles. The molecule has 1 aliphatic rings. The molecule has 0 amide bonds. The highest BCUT2D eigenvalue weighted by Gasteiger charge is 2.21. The second-order valence-electron chi connectivity index (χ2n) is 4.14. The summed E-state index contributed by atoms with van der Waals surface area (Å²) in [5, 5.41) is 3.16. The van der Waals surface area contributed by atoms with Gasteiger partial charge in [0, 0.05) is 6.61 Å². The summed E-state index contributed by atoms with van der Waals surface area (Å²) in [7, 11) is 0. The maximum Gasteiger partial charge on any atom is 0.323 e. The number of ether oxygens (including phenoxy) is 2. The third kappa shape index (κ3) is 5.47. The Morgan fingerprint density at radius 2 is 2.19 bits per heavy atom. The number of hydrogen-bond donors (Lipinski definition) is 1. The van der Waals surface area contributed by atoms with Crippen LogP contribution in [0, 0.1) is 0 Å². The molecule has 1 atom stereocenters. The summed E-state index contributed by atoms with van der Waals surface area (Å²) in [4.78, 5) is 11.5. The maximum atomic E-state index is 11.5. The lowest BCUT2D eigenvalue weighted by atomic mass is 10.1. The zero-order valence-electron chi connectivity index (χ0n) is 10.2.